The van der Waals surface area contributed by atoms with Crippen molar-refractivity contribution < 1.29 is 13.9 Å². The molecular formula is C28H30N4O4. The van der Waals surface area contributed by atoms with Gasteiger partial charge in [0.1, 0.15) is 11.2 Å². The van der Waals surface area contributed by atoms with Crippen molar-refractivity contribution in [2.75, 3.05) is 13.2 Å². The lowest BCUT2D eigenvalue weighted by atomic mass is 9.83. The Balaban J connectivity index is 1.14. The molecule has 4 heterocycles. The van der Waals surface area contributed by atoms with Crippen molar-refractivity contribution >= 4 is 22.5 Å². The average molecular weight is 487 g/mol. The third-order valence-corrected chi connectivity index (χ3v) is 7.43. The van der Waals surface area contributed by atoms with Gasteiger partial charge in [0, 0.05) is 24.5 Å². The summed E-state index contributed by atoms with van der Waals surface area (Å²) in [5.41, 5.74) is 2.83. The molecule has 0 spiro atoms. The van der Waals surface area contributed by atoms with E-state index in [-0.39, 0.29) is 23.8 Å². The third-order valence-electron chi connectivity index (χ3n) is 7.43. The minimum atomic E-state index is -0.451. The second-order valence-corrected chi connectivity index (χ2v) is 9.88. The van der Waals surface area contributed by atoms with E-state index in [2.05, 4.69) is 27.9 Å². The highest BCUT2D eigenvalue weighted by Gasteiger charge is 2.30. The van der Waals surface area contributed by atoms with Crippen molar-refractivity contribution in [3.8, 4) is 0 Å². The van der Waals surface area contributed by atoms with Crippen LogP contribution < -0.4 is 16.1 Å². The summed E-state index contributed by atoms with van der Waals surface area (Å²) in [6.45, 7) is 1.67. The van der Waals surface area contributed by atoms with Gasteiger partial charge in [0.25, 0.3) is 5.91 Å². The Bertz CT molecular complexity index is 1450. The number of carbonyl (C=O) groups is 1. The number of morpholine rings is 1. The first kappa shape index (κ1) is 22.9. The number of rotatable bonds is 5. The van der Waals surface area contributed by atoms with Gasteiger partial charge in [0.05, 0.1) is 36.9 Å². The van der Waals surface area contributed by atoms with E-state index in [1.807, 2.05) is 16.7 Å². The van der Waals surface area contributed by atoms with Crippen LogP contribution in [0.3, 0.4) is 0 Å². The maximum absolute atomic E-state index is 12.7. The molecule has 1 saturated carbocycles. The molecule has 2 aliphatic rings. The van der Waals surface area contributed by atoms with Gasteiger partial charge >= 0.3 is 0 Å². The first-order valence-corrected chi connectivity index (χ1v) is 12.8. The summed E-state index contributed by atoms with van der Waals surface area (Å²) in [6, 6.07) is 12.8. The number of hydrogen-bond donors (Lipinski definition) is 2. The quantitative estimate of drug-likeness (QED) is 0.443. The first-order valence-electron chi connectivity index (χ1n) is 12.8. The van der Waals surface area contributed by atoms with Gasteiger partial charge in [-0.1, -0.05) is 37.5 Å². The van der Waals surface area contributed by atoms with Crippen molar-refractivity contribution in [2.24, 2.45) is 5.92 Å². The number of aromatic nitrogens is 2. The highest BCUT2D eigenvalue weighted by molar-refractivity contribution is 5.93. The van der Waals surface area contributed by atoms with Crippen LogP contribution in [0.15, 0.2) is 64.1 Å². The third kappa shape index (κ3) is 4.66. The van der Waals surface area contributed by atoms with E-state index in [1.165, 1.54) is 38.2 Å². The number of para-hydroxylation sites is 1. The van der Waals surface area contributed by atoms with Crippen molar-refractivity contribution in [1.29, 1.82) is 0 Å². The van der Waals surface area contributed by atoms with E-state index in [0.29, 0.717) is 29.5 Å². The molecule has 2 fully saturated rings. The molecule has 1 amide bonds. The first-order chi connectivity index (χ1) is 17.6. The Kier molecular flexibility index (Phi) is 6.29. The van der Waals surface area contributed by atoms with E-state index in [9.17, 15) is 9.59 Å². The number of imidazole rings is 1. The van der Waals surface area contributed by atoms with Gasteiger partial charge in [-0.25, -0.2) is 4.98 Å². The minimum Gasteiger partial charge on any atom is -0.451 e. The van der Waals surface area contributed by atoms with Crippen LogP contribution in [0.5, 0.6) is 0 Å². The highest BCUT2D eigenvalue weighted by Crippen LogP contribution is 2.30. The molecule has 1 aliphatic carbocycles. The molecule has 2 N–H and O–H groups in total. The number of hydrogen-bond acceptors (Lipinski definition) is 6. The van der Waals surface area contributed by atoms with Gasteiger partial charge < -0.3 is 24.2 Å². The summed E-state index contributed by atoms with van der Waals surface area (Å²) in [4.78, 5) is 29.6. The molecule has 8 heteroatoms. The van der Waals surface area contributed by atoms with Crippen LogP contribution in [0.4, 0.5) is 0 Å². The molecule has 4 aromatic rings. The number of carbonyl (C=O) groups excluding carboxylic acids is 1. The molecule has 0 radical (unpaired) electrons. The van der Waals surface area contributed by atoms with Gasteiger partial charge in [-0.2, -0.15) is 0 Å². The van der Waals surface area contributed by atoms with E-state index < -0.39 is 5.91 Å². The Morgan fingerprint density at radius 3 is 2.83 bits per heavy atom. The van der Waals surface area contributed by atoms with Crippen LogP contribution in [0.1, 0.15) is 60.0 Å². The standard InChI is InChI=1S/C28H30N4O4/c33-24-12-26(36-25-9-5-4-8-21(24)25)28(34)29-13-20-15-32-14-19(10-11-27(32)30-20)23-17-35-16-22(31-23)18-6-2-1-3-7-18/h4-5,8-12,14-15,18,22-23,31H,1-3,6-7,13,16-17H2,(H,29,34)/t22-,23+/m0/s1. The fraction of sp³-hybridized carbons (Fsp3) is 0.393. The molecule has 3 aromatic heterocycles. The van der Waals surface area contributed by atoms with Crippen molar-refractivity contribution in [2.45, 2.75) is 50.7 Å². The van der Waals surface area contributed by atoms with Gasteiger partial charge in [-0.05, 0) is 42.5 Å². The Labute approximate surface area is 208 Å². The van der Waals surface area contributed by atoms with Gasteiger partial charge in [-0.15, -0.1) is 0 Å². The molecule has 36 heavy (non-hydrogen) atoms. The predicted molar refractivity (Wildman–Crippen MR) is 136 cm³/mol. The molecule has 6 rings (SSSR count). The summed E-state index contributed by atoms with van der Waals surface area (Å²) in [5, 5.41) is 7.10. The lowest BCUT2D eigenvalue weighted by Crippen LogP contribution is -2.48. The number of pyridine rings is 1. The fourth-order valence-corrected chi connectivity index (χ4v) is 5.50. The lowest BCUT2D eigenvalue weighted by molar-refractivity contribution is 0.0201. The topological polar surface area (TPSA) is 97.9 Å². The molecule has 0 unspecified atom stereocenters. The van der Waals surface area contributed by atoms with Crippen LogP contribution >= 0.6 is 0 Å². The Morgan fingerprint density at radius 1 is 1.08 bits per heavy atom. The van der Waals surface area contributed by atoms with Gasteiger partial charge in [0.2, 0.25) is 0 Å². The van der Waals surface area contributed by atoms with Crippen LogP contribution in [0, 0.1) is 5.92 Å². The monoisotopic (exact) mass is 486 g/mol. The summed E-state index contributed by atoms with van der Waals surface area (Å²) in [5.74, 6) is 0.231. The Morgan fingerprint density at radius 2 is 1.94 bits per heavy atom. The van der Waals surface area contributed by atoms with Gasteiger partial charge in [-0.3, -0.25) is 9.59 Å². The summed E-state index contributed by atoms with van der Waals surface area (Å²) >= 11 is 0. The number of amides is 1. The zero-order valence-electron chi connectivity index (χ0n) is 20.1. The summed E-state index contributed by atoms with van der Waals surface area (Å²) in [6.07, 6.45) is 10.6. The molecule has 1 saturated heterocycles. The fourth-order valence-electron chi connectivity index (χ4n) is 5.50. The maximum Gasteiger partial charge on any atom is 0.287 e. The van der Waals surface area contributed by atoms with E-state index in [1.54, 1.807) is 24.3 Å². The van der Waals surface area contributed by atoms with E-state index in [0.717, 1.165) is 23.5 Å². The molecule has 1 aromatic carbocycles. The van der Waals surface area contributed by atoms with Crippen molar-refractivity contribution in [3.63, 3.8) is 0 Å². The number of fused-ring (bicyclic) bond motifs is 2. The second-order valence-electron chi connectivity index (χ2n) is 9.88. The number of ether oxygens (including phenoxy) is 1. The highest BCUT2D eigenvalue weighted by atomic mass is 16.5. The zero-order valence-corrected chi connectivity index (χ0v) is 20.1. The Hall–Kier alpha value is -3.49. The largest absolute Gasteiger partial charge is 0.451 e. The molecule has 1 aliphatic heterocycles. The zero-order chi connectivity index (χ0) is 24.5. The van der Waals surface area contributed by atoms with E-state index >= 15 is 0 Å². The number of benzene rings is 1. The predicted octanol–water partition coefficient (Wildman–Crippen LogP) is 3.98. The van der Waals surface area contributed by atoms with Crippen LogP contribution in [-0.2, 0) is 11.3 Å². The number of nitrogens with one attached hydrogen (secondary N) is 2. The molecule has 8 nitrogen and oxygen atoms in total. The second kappa shape index (κ2) is 9.87. The molecular weight excluding hydrogens is 456 g/mol. The minimum absolute atomic E-state index is 0.0133. The molecule has 0 bridgehead atoms. The lowest BCUT2D eigenvalue weighted by Gasteiger charge is -2.37. The SMILES string of the molecule is O=C(NCc1cn2cc([C@H]3COC[C@@H](C4CCCCC4)N3)ccc2n1)c1cc(=O)c2ccccc2o1. The molecule has 2 atom stereocenters. The normalized spacial score (nSPS) is 21.1. The number of nitrogens with zero attached hydrogens (tertiary/aromatic N) is 2. The molecule has 186 valence electrons. The maximum atomic E-state index is 12.7. The van der Waals surface area contributed by atoms with Crippen LogP contribution in [0.2, 0.25) is 0 Å². The van der Waals surface area contributed by atoms with Crippen molar-refractivity contribution in [3.05, 3.63) is 82.1 Å². The smallest absolute Gasteiger partial charge is 0.287 e. The van der Waals surface area contributed by atoms with Crippen molar-refractivity contribution in [1.82, 2.24) is 20.0 Å². The van der Waals surface area contributed by atoms with E-state index in [4.69, 9.17) is 9.15 Å². The van der Waals surface area contributed by atoms with Gasteiger partial charge in [0.15, 0.2) is 11.2 Å². The summed E-state index contributed by atoms with van der Waals surface area (Å²) in [7, 11) is 0. The summed E-state index contributed by atoms with van der Waals surface area (Å²) < 4.78 is 13.6. The van der Waals surface area contributed by atoms with Crippen LogP contribution in [-0.4, -0.2) is 34.5 Å². The average Bonchev–Trinajstić information content (AvgIpc) is 3.34. The van der Waals surface area contributed by atoms with Crippen LogP contribution in [0.25, 0.3) is 16.6 Å².